The minimum atomic E-state index is 0.813. The van der Waals surface area contributed by atoms with Crippen molar-refractivity contribution in [2.24, 2.45) is 0 Å². The van der Waals surface area contributed by atoms with E-state index in [0.717, 1.165) is 19.1 Å². The van der Waals surface area contributed by atoms with E-state index in [-0.39, 0.29) is 0 Å². The van der Waals surface area contributed by atoms with Crippen LogP contribution in [0.2, 0.25) is 0 Å². The number of likely N-dealkylation sites (N-methyl/N-ethyl adjacent to an activating group) is 1. The van der Waals surface area contributed by atoms with Crippen LogP contribution in [0.4, 0.5) is 5.69 Å². The molecule has 2 heteroatoms. The first-order valence-electron chi connectivity index (χ1n) is 7.76. The van der Waals surface area contributed by atoms with Gasteiger partial charge in [0.05, 0.1) is 0 Å². The smallest absolute Gasteiger partial charge is 0.0347 e. The Morgan fingerprint density at radius 2 is 1.80 bits per heavy atom. The Hall–Kier alpha value is -1.54. The van der Waals surface area contributed by atoms with Crippen LogP contribution in [-0.4, -0.2) is 31.1 Å². The number of nitrogens with one attached hydrogen (secondary N) is 1. The molecule has 3 rings (SSSR count). The van der Waals surface area contributed by atoms with E-state index in [1.54, 1.807) is 0 Å². The van der Waals surface area contributed by atoms with Gasteiger partial charge < -0.3 is 10.2 Å². The van der Waals surface area contributed by atoms with Gasteiger partial charge in [-0.1, -0.05) is 43.2 Å². The van der Waals surface area contributed by atoms with Crippen molar-refractivity contribution in [3.63, 3.8) is 0 Å². The highest BCUT2D eigenvalue weighted by Crippen LogP contribution is 2.22. The molecule has 106 valence electrons. The maximum atomic E-state index is 3.55. The van der Waals surface area contributed by atoms with Crippen LogP contribution >= 0.6 is 0 Å². The number of rotatable bonds is 5. The highest BCUT2D eigenvalue weighted by atomic mass is 15.1. The van der Waals surface area contributed by atoms with Crippen LogP contribution in [0.25, 0.3) is 10.8 Å². The van der Waals surface area contributed by atoms with Crippen molar-refractivity contribution in [3.8, 4) is 0 Å². The van der Waals surface area contributed by atoms with Gasteiger partial charge in [-0.15, -0.1) is 0 Å². The second-order valence-electron chi connectivity index (χ2n) is 5.91. The average molecular weight is 268 g/mol. The molecule has 1 aliphatic carbocycles. The van der Waals surface area contributed by atoms with Crippen LogP contribution < -0.4 is 5.32 Å². The summed E-state index contributed by atoms with van der Waals surface area (Å²) < 4.78 is 0. The molecule has 2 aromatic rings. The lowest BCUT2D eigenvalue weighted by atomic mass is 10.1. The molecular weight excluding hydrogens is 244 g/mol. The predicted octanol–water partition coefficient (Wildman–Crippen LogP) is 4.13. The molecule has 0 saturated heterocycles. The molecule has 0 spiro atoms. The van der Waals surface area contributed by atoms with Gasteiger partial charge in [-0.05, 0) is 42.8 Å². The minimum absolute atomic E-state index is 0.813. The van der Waals surface area contributed by atoms with Gasteiger partial charge in [-0.3, -0.25) is 0 Å². The van der Waals surface area contributed by atoms with Crippen LogP contribution in [0.15, 0.2) is 42.5 Å². The molecule has 1 N–H and O–H groups in total. The van der Waals surface area contributed by atoms with E-state index in [1.807, 2.05) is 0 Å². The molecule has 0 atom stereocenters. The number of hydrogen-bond acceptors (Lipinski definition) is 2. The Kier molecular flexibility index (Phi) is 4.22. The van der Waals surface area contributed by atoms with Gasteiger partial charge in [0.25, 0.3) is 0 Å². The normalized spacial score (nSPS) is 16.1. The first kappa shape index (κ1) is 13.4. The highest BCUT2D eigenvalue weighted by Gasteiger charge is 2.18. The van der Waals surface area contributed by atoms with E-state index < -0.39 is 0 Å². The Morgan fingerprint density at radius 3 is 2.60 bits per heavy atom. The zero-order valence-corrected chi connectivity index (χ0v) is 12.3. The van der Waals surface area contributed by atoms with Crippen molar-refractivity contribution in [1.82, 2.24) is 4.90 Å². The van der Waals surface area contributed by atoms with E-state index >= 15 is 0 Å². The van der Waals surface area contributed by atoms with Crippen molar-refractivity contribution in [2.45, 2.75) is 31.7 Å². The molecule has 1 saturated carbocycles. The third-order valence-electron chi connectivity index (χ3n) is 4.49. The van der Waals surface area contributed by atoms with E-state index in [0.29, 0.717) is 0 Å². The van der Waals surface area contributed by atoms with Gasteiger partial charge in [-0.2, -0.15) is 0 Å². The van der Waals surface area contributed by atoms with E-state index in [9.17, 15) is 0 Å². The molecular formula is C18H24N2. The molecule has 1 fully saturated rings. The Bertz CT molecular complexity index is 558. The fourth-order valence-electron chi connectivity index (χ4n) is 3.20. The summed E-state index contributed by atoms with van der Waals surface area (Å²) >= 11 is 0. The van der Waals surface area contributed by atoms with Crippen molar-refractivity contribution in [1.29, 1.82) is 0 Å². The monoisotopic (exact) mass is 268 g/mol. The third-order valence-corrected chi connectivity index (χ3v) is 4.49. The lowest BCUT2D eigenvalue weighted by Crippen LogP contribution is -2.33. The number of benzene rings is 2. The van der Waals surface area contributed by atoms with Crippen LogP contribution in [0.1, 0.15) is 25.7 Å². The number of fused-ring (bicyclic) bond motifs is 1. The van der Waals surface area contributed by atoms with Crippen molar-refractivity contribution < 1.29 is 0 Å². The van der Waals surface area contributed by atoms with Crippen molar-refractivity contribution in [2.75, 3.05) is 25.5 Å². The molecule has 0 unspecified atom stereocenters. The third kappa shape index (κ3) is 3.13. The molecule has 0 amide bonds. The summed E-state index contributed by atoms with van der Waals surface area (Å²) in [5, 5.41) is 6.16. The second kappa shape index (κ2) is 6.27. The largest absolute Gasteiger partial charge is 0.384 e. The molecule has 1 aliphatic rings. The Labute approximate surface area is 121 Å². The topological polar surface area (TPSA) is 15.3 Å². The summed E-state index contributed by atoms with van der Waals surface area (Å²) in [5.74, 6) is 0. The Balaban J connectivity index is 1.54. The van der Waals surface area contributed by atoms with Gasteiger partial charge in [-0.25, -0.2) is 0 Å². The van der Waals surface area contributed by atoms with Gasteiger partial charge in [0.1, 0.15) is 0 Å². The summed E-state index contributed by atoms with van der Waals surface area (Å²) in [6.45, 7) is 2.14. The molecule has 0 bridgehead atoms. The molecule has 2 nitrogen and oxygen atoms in total. The number of hydrogen-bond donors (Lipinski definition) is 1. The standard InChI is InChI=1S/C18H24N2/c1-20(18-8-4-5-9-18)13-12-19-17-11-10-15-6-2-3-7-16(15)14-17/h2-3,6-7,10-11,14,18-19H,4-5,8-9,12-13H2,1H3. The summed E-state index contributed by atoms with van der Waals surface area (Å²) in [6.07, 6.45) is 5.58. The molecule has 0 heterocycles. The molecule has 0 aliphatic heterocycles. The molecule has 0 aromatic heterocycles. The maximum Gasteiger partial charge on any atom is 0.0347 e. The van der Waals surface area contributed by atoms with Gasteiger partial charge >= 0.3 is 0 Å². The Morgan fingerprint density at radius 1 is 1.05 bits per heavy atom. The van der Waals surface area contributed by atoms with Crippen molar-refractivity contribution in [3.05, 3.63) is 42.5 Å². The van der Waals surface area contributed by atoms with Crippen molar-refractivity contribution >= 4 is 16.5 Å². The first-order chi connectivity index (χ1) is 9.83. The zero-order chi connectivity index (χ0) is 13.8. The van der Waals surface area contributed by atoms with E-state index in [2.05, 4.69) is 59.7 Å². The summed E-state index contributed by atoms with van der Waals surface area (Å²) in [5.41, 5.74) is 1.23. The molecule has 2 aromatic carbocycles. The highest BCUT2D eigenvalue weighted by molar-refractivity contribution is 5.85. The SMILES string of the molecule is CN(CCNc1ccc2ccccc2c1)C1CCCC1. The predicted molar refractivity (Wildman–Crippen MR) is 87.3 cm³/mol. The summed E-state index contributed by atoms with van der Waals surface area (Å²) in [4.78, 5) is 2.51. The average Bonchev–Trinajstić information content (AvgIpc) is 3.01. The zero-order valence-electron chi connectivity index (χ0n) is 12.3. The summed E-state index contributed by atoms with van der Waals surface area (Å²) in [6, 6.07) is 15.9. The van der Waals surface area contributed by atoms with Crippen LogP contribution in [0.5, 0.6) is 0 Å². The number of anilines is 1. The van der Waals surface area contributed by atoms with Crippen LogP contribution in [-0.2, 0) is 0 Å². The van der Waals surface area contributed by atoms with Gasteiger partial charge in [0.15, 0.2) is 0 Å². The first-order valence-corrected chi connectivity index (χ1v) is 7.76. The van der Waals surface area contributed by atoms with Crippen LogP contribution in [0, 0.1) is 0 Å². The summed E-state index contributed by atoms with van der Waals surface area (Å²) in [7, 11) is 2.26. The maximum absolute atomic E-state index is 3.55. The van der Waals surface area contributed by atoms with Gasteiger partial charge in [0, 0.05) is 24.8 Å². The lowest BCUT2D eigenvalue weighted by molar-refractivity contribution is 0.254. The minimum Gasteiger partial charge on any atom is -0.384 e. The lowest BCUT2D eigenvalue weighted by Gasteiger charge is -2.24. The fraction of sp³-hybridized carbons (Fsp3) is 0.444. The second-order valence-corrected chi connectivity index (χ2v) is 5.91. The fourth-order valence-corrected chi connectivity index (χ4v) is 3.20. The van der Waals surface area contributed by atoms with E-state index in [1.165, 1.54) is 42.1 Å². The molecule has 0 radical (unpaired) electrons. The molecule has 20 heavy (non-hydrogen) atoms. The quantitative estimate of drug-likeness (QED) is 0.877. The van der Waals surface area contributed by atoms with Crippen LogP contribution in [0.3, 0.4) is 0 Å². The van der Waals surface area contributed by atoms with Gasteiger partial charge in [0.2, 0.25) is 0 Å². The number of nitrogens with zero attached hydrogens (tertiary/aromatic N) is 1. The van der Waals surface area contributed by atoms with E-state index in [4.69, 9.17) is 0 Å².